The van der Waals surface area contributed by atoms with Crippen LogP contribution in [-0.2, 0) is 0 Å². The Kier molecular flexibility index (Phi) is 4.36. The fraction of sp³-hybridized carbons (Fsp3) is 0.316. The third-order valence-corrected chi connectivity index (χ3v) is 5.17. The van der Waals surface area contributed by atoms with E-state index in [-0.39, 0.29) is 5.82 Å². The van der Waals surface area contributed by atoms with Crippen molar-refractivity contribution in [3.05, 3.63) is 47.2 Å². The molecule has 3 aromatic rings. The Balaban J connectivity index is 1.69. The number of piperazine rings is 1. The third-order valence-electron chi connectivity index (χ3n) is 4.84. The second kappa shape index (κ2) is 6.65. The number of halogens is 2. The summed E-state index contributed by atoms with van der Waals surface area (Å²) >= 11 is 6.25. The van der Waals surface area contributed by atoms with Gasteiger partial charge in [0.15, 0.2) is 0 Å². The van der Waals surface area contributed by atoms with Crippen molar-refractivity contribution in [2.75, 3.05) is 37.6 Å². The third kappa shape index (κ3) is 3.10. The Hall–Kier alpha value is -2.11. The van der Waals surface area contributed by atoms with Crippen LogP contribution in [0, 0.1) is 5.82 Å². The molecule has 0 bridgehead atoms. The summed E-state index contributed by atoms with van der Waals surface area (Å²) in [5.41, 5.74) is 2.88. The van der Waals surface area contributed by atoms with Crippen molar-refractivity contribution in [1.82, 2.24) is 14.9 Å². The number of imidazole rings is 1. The second-order valence-corrected chi connectivity index (χ2v) is 6.71. The minimum absolute atomic E-state index is 0.216. The number of fused-ring (bicyclic) bond motifs is 1. The number of benzene rings is 2. The molecule has 6 heteroatoms. The normalized spacial score (nSPS) is 15.9. The molecule has 4 rings (SSSR count). The topological polar surface area (TPSA) is 35.2 Å². The number of aromatic amines is 1. The van der Waals surface area contributed by atoms with E-state index in [9.17, 15) is 4.39 Å². The monoisotopic (exact) mass is 358 g/mol. The van der Waals surface area contributed by atoms with Gasteiger partial charge in [-0.1, -0.05) is 30.7 Å². The molecular weight excluding hydrogens is 339 g/mol. The van der Waals surface area contributed by atoms with Crippen LogP contribution in [0.3, 0.4) is 0 Å². The second-order valence-electron chi connectivity index (χ2n) is 6.31. The van der Waals surface area contributed by atoms with E-state index in [1.165, 1.54) is 6.07 Å². The summed E-state index contributed by atoms with van der Waals surface area (Å²) < 4.78 is 14.6. The number of nitrogens with one attached hydrogen (secondary N) is 1. The number of nitrogens with zero attached hydrogens (tertiary/aromatic N) is 3. The van der Waals surface area contributed by atoms with Gasteiger partial charge < -0.3 is 14.8 Å². The average Bonchev–Trinajstić information content (AvgIpc) is 3.04. The fourth-order valence-corrected chi connectivity index (χ4v) is 3.57. The van der Waals surface area contributed by atoms with E-state index in [0.717, 1.165) is 43.8 Å². The molecule has 4 nitrogen and oxygen atoms in total. The van der Waals surface area contributed by atoms with Crippen LogP contribution in [0.25, 0.3) is 22.4 Å². The standard InChI is InChI=1S/C19H20ClFN4/c1-2-24-7-9-25(10-8-24)18-12-17-16(11-15(18)21)22-19(23-17)13-5-3-4-6-14(13)20/h3-6,11-12H,2,7-10H2,1H3,(H,22,23). The molecule has 0 aliphatic carbocycles. The first kappa shape index (κ1) is 16.4. The molecule has 0 unspecified atom stereocenters. The SMILES string of the molecule is CCN1CCN(c2cc3nc(-c4ccccc4Cl)[nH]c3cc2F)CC1. The summed E-state index contributed by atoms with van der Waals surface area (Å²) in [5, 5.41) is 0.623. The molecule has 0 amide bonds. The van der Waals surface area contributed by atoms with Gasteiger partial charge in [-0.25, -0.2) is 9.37 Å². The van der Waals surface area contributed by atoms with Gasteiger partial charge >= 0.3 is 0 Å². The van der Waals surface area contributed by atoms with E-state index in [1.807, 2.05) is 30.3 Å². The van der Waals surface area contributed by atoms with Crippen molar-refractivity contribution in [2.45, 2.75) is 6.92 Å². The zero-order chi connectivity index (χ0) is 17.4. The Morgan fingerprint density at radius 3 is 2.64 bits per heavy atom. The minimum atomic E-state index is -0.216. The van der Waals surface area contributed by atoms with Crippen LogP contribution in [0.1, 0.15) is 6.92 Å². The molecule has 1 aromatic heterocycles. The fourth-order valence-electron chi connectivity index (χ4n) is 3.35. The molecule has 1 saturated heterocycles. The average molecular weight is 359 g/mol. The number of hydrogen-bond acceptors (Lipinski definition) is 3. The molecule has 2 heterocycles. The summed E-state index contributed by atoms with van der Waals surface area (Å²) in [4.78, 5) is 12.3. The van der Waals surface area contributed by atoms with E-state index in [1.54, 1.807) is 0 Å². The van der Waals surface area contributed by atoms with Gasteiger partial charge in [0.25, 0.3) is 0 Å². The largest absolute Gasteiger partial charge is 0.367 e. The molecule has 0 radical (unpaired) electrons. The molecule has 0 atom stereocenters. The van der Waals surface area contributed by atoms with Gasteiger partial charge in [-0.05, 0) is 24.7 Å². The molecule has 1 aliphatic heterocycles. The van der Waals surface area contributed by atoms with Gasteiger partial charge in [-0.2, -0.15) is 0 Å². The van der Waals surface area contributed by atoms with Crippen LogP contribution < -0.4 is 4.90 Å². The number of hydrogen-bond donors (Lipinski definition) is 1. The Bertz CT molecular complexity index is 900. The van der Waals surface area contributed by atoms with Crippen LogP contribution in [0.4, 0.5) is 10.1 Å². The van der Waals surface area contributed by atoms with E-state index < -0.39 is 0 Å². The van der Waals surface area contributed by atoms with Crippen molar-refractivity contribution in [2.24, 2.45) is 0 Å². The quantitative estimate of drug-likeness (QED) is 0.763. The van der Waals surface area contributed by atoms with Gasteiger partial charge in [0.05, 0.1) is 21.7 Å². The maximum atomic E-state index is 14.6. The van der Waals surface area contributed by atoms with E-state index in [0.29, 0.717) is 22.1 Å². The van der Waals surface area contributed by atoms with Crippen molar-refractivity contribution >= 4 is 28.3 Å². The van der Waals surface area contributed by atoms with Gasteiger partial charge in [0.2, 0.25) is 0 Å². The molecule has 0 saturated carbocycles. The Morgan fingerprint density at radius 2 is 1.92 bits per heavy atom. The molecule has 2 aromatic carbocycles. The molecular formula is C19H20ClFN4. The van der Waals surface area contributed by atoms with E-state index in [4.69, 9.17) is 11.6 Å². The lowest BCUT2D eigenvalue weighted by Gasteiger charge is -2.35. The van der Waals surface area contributed by atoms with Gasteiger partial charge in [-0.15, -0.1) is 0 Å². The molecule has 1 N–H and O–H groups in total. The summed E-state index contributed by atoms with van der Waals surface area (Å²) in [6.07, 6.45) is 0. The first-order valence-corrected chi connectivity index (χ1v) is 8.95. The Morgan fingerprint density at radius 1 is 1.16 bits per heavy atom. The van der Waals surface area contributed by atoms with Crippen LogP contribution in [0.5, 0.6) is 0 Å². The number of aromatic nitrogens is 2. The van der Waals surface area contributed by atoms with E-state index >= 15 is 0 Å². The number of H-pyrrole nitrogens is 1. The molecule has 0 spiro atoms. The van der Waals surface area contributed by atoms with Crippen LogP contribution in [0.2, 0.25) is 5.02 Å². The predicted molar refractivity (Wildman–Crippen MR) is 101 cm³/mol. The smallest absolute Gasteiger partial charge is 0.148 e. The lowest BCUT2D eigenvalue weighted by molar-refractivity contribution is 0.270. The highest BCUT2D eigenvalue weighted by Crippen LogP contribution is 2.30. The first-order valence-electron chi connectivity index (χ1n) is 8.57. The first-order chi connectivity index (χ1) is 12.2. The highest BCUT2D eigenvalue weighted by molar-refractivity contribution is 6.33. The summed E-state index contributed by atoms with van der Waals surface area (Å²) in [6, 6.07) is 10.9. The minimum Gasteiger partial charge on any atom is -0.367 e. The maximum absolute atomic E-state index is 14.6. The lowest BCUT2D eigenvalue weighted by atomic mass is 10.2. The predicted octanol–water partition coefficient (Wildman–Crippen LogP) is 4.16. The zero-order valence-corrected chi connectivity index (χ0v) is 14.9. The van der Waals surface area contributed by atoms with Crippen molar-refractivity contribution in [3.63, 3.8) is 0 Å². The van der Waals surface area contributed by atoms with Gasteiger partial charge in [0.1, 0.15) is 11.6 Å². The van der Waals surface area contributed by atoms with Crippen molar-refractivity contribution < 1.29 is 4.39 Å². The summed E-state index contributed by atoms with van der Waals surface area (Å²) in [6.45, 7) is 6.77. The maximum Gasteiger partial charge on any atom is 0.148 e. The highest BCUT2D eigenvalue weighted by atomic mass is 35.5. The molecule has 25 heavy (non-hydrogen) atoms. The lowest BCUT2D eigenvalue weighted by Crippen LogP contribution is -2.46. The van der Waals surface area contributed by atoms with Crippen molar-refractivity contribution in [3.8, 4) is 11.4 Å². The molecule has 1 aliphatic rings. The van der Waals surface area contributed by atoms with E-state index in [2.05, 4.69) is 26.7 Å². The molecule has 130 valence electrons. The number of rotatable bonds is 3. The summed E-state index contributed by atoms with van der Waals surface area (Å²) in [5.74, 6) is 0.444. The van der Waals surface area contributed by atoms with Gasteiger partial charge in [0, 0.05) is 37.8 Å². The highest BCUT2D eigenvalue weighted by Gasteiger charge is 2.20. The molecule has 1 fully saturated rings. The van der Waals surface area contributed by atoms with Crippen LogP contribution in [0.15, 0.2) is 36.4 Å². The van der Waals surface area contributed by atoms with Crippen molar-refractivity contribution in [1.29, 1.82) is 0 Å². The Labute approximate surface area is 151 Å². The van der Waals surface area contributed by atoms with Crippen LogP contribution >= 0.6 is 11.6 Å². The van der Waals surface area contributed by atoms with Gasteiger partial charge in [-0.3, -0.25) is 0 Å². The number of anilines is 1. The number of likely N-dealkylation sites (N-methyl/N-ethyl adjacent to an activating group) is 1. The van der Waals surface area contributed by atoms with Crippen LogP contribution in [-0.4, -0.2) is 47.6 Å². The summed E-state index contributed by atoms with van der Waals surface area (Å²) in [7, 11) is 0. The zero-order valence-electron chi connectivity index (χ0n) is 14.1.